The van der Waals surface area contributed by atoms with Crippen molar-refractivity contribution in [3.05, 3.63) is 83.4 Å². The van der Waals surface area contributed by atoms with Crippen LogP contribution in [0, 0.1) is 0 Å². The smallest absolute Gasteiger partial charge is 0.323 e. The molecule has 8 nitrogen and oxygen atoms in total. The number of H-pyrrole nitrogens is 1. The van der Waals surface area contributed by atoms with Gasteiger partial charge in [-0.25, -0.2) is 14.8 Å². The number of rotatable bonds is 3. The maximum Gasteiger partial charge on any atom is 0.323 e. The summed E-state index contributed by atoms with van der Waals surface area (Å²) in [5.41, 5.74) is 3.89. The molecule has 0 bridgehead atoms. The Morgan fingerprint density at radius 2 is 1.81 bits per heavy atom. The summed E-state index contributed by atoms with van der Waals surface area (Å²) in [7, 11) is 1.88. The van der Waals surface area contributed by atoms with Crippen LogP contribution in [0.25, 0.3) is 33.3 Å². The van der Waals surface area contributed by atoms with Crippen LogP contribution < -0.4 is 16.2 Å². The first kappa shape index (κ1) is 18.6. The van der Waals surface area contributed by atoms with Crippen LogP contribution in [0.3, 0.4) is 0 Å². The van der Waals surface area contributed by atoms with Crippen LogP contribution in [0.5, 0.6) is 0 Å². The number of pyridine rings is 1. The SMILES string of the molecule is Cn1cc(-c2nc3ccc(NC(=O)Nc4ccccc4)cc3[nH]c2=O)c2cccnc21. The second kappa shape index (κ2) is 7.42. The summed E-state index contributed by atoms with van der Waals surface area (Å²) in [5, 5.41) is 6.38. The van der Waals surface area contributed by atoms with Gasteiger partial charge in [0.05, 0.1) is 11.0 Å². The van der Waals surface area contributed by atoms with Crippen LogP contribution in [0.15, 0.2) is 77.9 Å². The molecule has 5 rings (SSSR count). The minimum absolute atomic E-state index is 0.310. The number of para-hydroxylation sites is 1. The Morgan fingerprint density at radius 1 is 1.00 bits per heavy atom. The Morgan fingerprint density at radius 3 is 2.65 bits per heavy atom. The largest absolute Gasteiger partial charge is 0.335 e. The molecule has 152 valence electrons. The molecular formula is C23H18N6O2. The fourth-order valence-corrected chi connectivity index (χ4v) is 3.56. The van der Waals surface area contributed by atoms with E-state index in [0.29, 0.717) is 28.1 Å². The van der Waals surface area contributed by atoms with Gasteiger partial charge < -0.3 is 20.2 Å². The first-order valence-electron chi connectivity index (χ1n) is 9.66. The first-order valence-corrected chi connectivity index (χ1v) is 9.66. The summed E-state index contributed by atoms with van der Waals surface area (Å²) in [6, 6.07) is 17.7. The van der Waals surface area contributed by atoms with Crippen molar-refractivity contribution in [3.8, 4) is 11.3 Å². The Balaban J connectivity index is 1.47. The second-order valence-electron chi connectivity index (χ2n) is 7.12. The Kier molecular flexibility index (Phi) is 4.44. The van der Waals surface area contributed by atoms with E-state index in [0.717, 1.165) is 16.6 Å². The van der Waals surface area contributed by atoms with Gasteiger partial charge in [-0.05, 0) is 42.5 Å². The van der Waals surface area contributed by atoms with Gasteiger partial charge >= 0.3 is 6.03 Å². The number of hydrogen-bond acceptors (Lipinski definition) is 4. The summed E-state index contributed by atoms with van der Waals surface area (Å²) in [6.07, 6.45) is 3.57. The van der Waals surface area contributed by atoms with Crippen molar-refractivity contribution in [3.63, 3.8) is 0 Å². The number of aromatic nitrogens is 4. The Hall–Kier alpha value is -4.46. The maximum atomic E-state index is 12.8. The topological polar surface area (TPSA) is 105 Å². The molecule has 2 aromatic carbocycles. The fraction of sp³-hybridized carbons (Fsp3) is 0.0435. The van der Waals surface area contributed by atoms with Gasteiger partial charge in [0, 0.05) is 41.8 Å². The summed E-state index contributed by atoms with van der Waals surface area (Å²) < 4.78 is 1.87. The van der Waals surface area contributed by atoms with Crippen LogP contribution >= 0.6 is 0 Å². The molecule has 0 saturated heterocycles. The summed E-state index contributed by atoms with van der Waals surface area (Å²) in [6.45, 7) is 0. The highest BCUT2D eigenvalue weighted by Crippen LogP contribution is 2.27. The quantitative estimate of drug-likeness (QED) is 0.416. The summed E-state index contributed by atoms with van der Waals surface area (Å²) >= 11 is 0. The molecule has 0 aliphatic rings. The molecule has 2 amide bonds. The van der Waals surface area contributed by atoms with Crippen molar-refractivity contribution in [2.45, 2.75) is 0 Å². The number of hydrogen-bond donors (Lipinski definition) is 3. The highest BCUT2D eigenvalue weighted by Gasteiger charge is 2.15. The third-order valence-electron chi connectivity index (χ3n) is 4.97. The van der Waals surface area contributed by atoms with Gasteiger partial charge in [0.2, 0.25) is 0 Å². The lowest BCUT2D eigenvalue weighted by Crippen LogP contribution is -2.19. The van der Waals surface area contributed by atoms with E-state index >= 15 is 0 Å². The standard InChI is InChI=1S/C23H18N6O2/c1-29-13-17(16-8-5-11-24-21(16)29)20-22(30)28-19-12-15(9-10-18(19)27-20)26-23(31)25-14-6-3-2-4-7-14/h2-13H,1H3,(H,28,30)(H2,25,26,31). The molecule has 0 fully saturated rings. The minimum atomic E-state index is -0.374. The lowest BCUT2D eigenvalue weighted by atomic mass is 10.1. The molecule has 0 saturated carbocycles. The zero-order valence-electron chi connectivity index (χ0n) is 16.6. The fourth-order valence-electron chi connectivity index (χ4n) is 3.56. The predicted octanol–water partition coefficient (Wildman–Crippen LogP) is 4.12. The number of anilines is 2. The molecule has 3 N–H and O–H groups in total. The van der Waals surface area contributed by atoms with Gasteiger partial charge in [-0.3, -0.25) is 4.79 Å². The minimum Gasteiger partial charge on any atom is -0.335 e. The molecule has 0 radical (unpaired) electrons. The zero-order chi connectivity index (χ0) is 21.4. The van der Waals surface area contributed by atoms with Crippen LogP contribution in [-0.2, 0) is 7.05 Å². The van der Waals surface area contributed by atoms with E-state index in [-0.39, 0.29) is 11.6 Å². The van der Waals surface area contributed by atoms with Crippen molar-refractivity contribution in [2.24, 2.45) is 7.05 Å². The molecule has 5 aromatic rings. The highest BCUT2D eigenvalue weighted by molar-refractivity contribution is 6.01. The number of carbonyl (C=O) groups excluding carboxylic acids is 1. The number of urea groups is 1. The number of aromatic amines is 1. The van der Waals surface area contributed by atoms with Crippen molar-refractivity contribution in [1.29, 1.82) is 0 Å². The van der Waals surface area contributed by atoms with E-state index in [9.17, 15) is 9.59 Å². The molecular weight excluding hydrogens is 392 g/mol. The predicted molar refractivity (Wildman–Crippen MR) is 121 cm³/mol. The zero-order valence-corrected chi connectivity index (χ0v) is 16.6. The maximum absolute atomic E-state index is 12.8. The number of aryl methyl sites for hydroxylation is 1. The molecule has 3 aromatic heterocycles. The Bertz CT molecular complexity index is 1490. The van der Waals surface area contributed by atoms with Gasteiger partial charge in [0.1, 0.15) is 11.3 Å². The summed E-state index contributed by atoms with van der Waals surface area (Å²) in [5.74, 6) is 0. The molecule has 0 atom stereocenters. The Labute approximate surface area is 176 Å². The van der Waals surface area contributed by atoms with Crippen molar-refractivity contribution < 1.29 is 4.79 Å². The van der Waals surface area contributed by atoms with Crippen molar-refractivity contribution in [2.75, 3.05) is 10.6 Å². The monoisotopic (exact) mass is 410 g/mol. The third-order valence-corrected chi connectivity index (χ3v) is 4.97. The van der Waals surface area contributed by atoms with E-state index in [1.165, 1.54) is 0 Å². The van der Waals surface area contributed by atoms with Crippen LogP contribution in [0.2, 0.25) is 0 Å². The van der Waals surface area contributed by atoms with Crippen molar-refractivity contribution >= 4 is 39.5 Å². The summed E-state index contributed by atoms with van der Waals surface area (Å²) in [4.78, 5) is 36.9. The number of fused-ring (bicyclic) bond motifs is 2. The van der Waals surface area contributed by atoms with Gasteiger partial charge in [-0.2, -0.15) is 0 Å². The molecule has 0 aliphatic heterocycles. The van der Waals surface area contributed by atoms with Gasteiger partial charge in [-0.15, -0.1) is 0 Å². The number of nitrogens with zero attached hydrogens (tertiary/aromatic N) is 3. The number of carbonyl (C=O) groups is 1. The van der Waals surface area contributed by atoms with Crippen LogP contribution in [-0.4, -0.2) is 25.6 Å². The van der Waals surface area contributed by atoms with Crippen LogP contribution in [0.1, 0.15) is 0 Å². The highest BCUT2D eigenvalue weighted by atomic mass is 16.2. The molecule has 3 heterocycles. The third kappa shape index (κ3) is 3.51. The molecule has 8 heteroatoms. The first-order chi connectivity index (χ1) is 15.1. The second-order valence-corrected chi connectivity index (χ2v) is 7.12. The molecule has 0 spiro atoms. The van der Waals surface area contributed by atoms with Crippen LogP contribution in [0.4, 0.5) is 16.2 Å². The average molecular weight is 410 g/mol. The van der Waals surface area contributed by atoms with E-state index in [4.69, 9.17) is 0 Å². The lowest BCUT2D eigenvalue weighted by molar-refractivity contribution is 0.262. The van der Waals surface area contributed by atoms with E-state index in [1.54, 1.807) is 36.5 Å². The number of nitrogens with one attached hydrogen (secondary N) is 3. The molecule has 31 heavy (non-hydrogen) atoms. The molecule has 0 aliphatic carbocycles. The van der Waals surface area contributed by atoms with Gasteiger partial charge in [0.15, 0.2) is 0 Å². The van der Waals surface area contributed by atoms with E-state index in [1.807, 2.05) is 48.1 Å². The van der Waals surface area contributed by atoms with Gasteiger partial charge in [0.25, 0.3) is 5.56 Å². The van der Waals surface area contributed by atoms with E-state index < -0.39 is 0 Å². The van der Waals surface area contributed by atoms with Crippen molar-refractivity contribution in [1.82, 2.24) is 19.5 Å². The lowest BCUT2D eigenvalue weighted by Gasteiger charge is -2.09. The average Bonchev–Trinajstić information content (AvgIpc) is 3.10. The number of benzene rings is 2. The number of amides is 2. The van der Waals surface area contributed by atoms with E-state index in [2.05, 4.69) is 25.6 Å². The molecule has 0 unspecified atom stereocenters. The van der Waals surface area contributed by atoms with Gasteiger partial charge in [-0.1, -0.05) is 18.2 Å². The normalized spacial score (nSPS) is 11.0.